The van der Waals surface area contributed by atoms with Gasteiger partial charge in [0.15, 0.2) is 0 Å². The lowest BCUT2D eigenvalue weighted by molar-refractivity contribution is -0.136. The molecule has 122 valence electrons. The molecule has 0 spiro atoms. The third-order valence-corrected chi connectivity index (χ3v) is 4.90. The number of likely N-dealkylation sites (tertiary alicyclic amines) is 2. The first-order chi connectivity index (χ1) is 10.1. The Kier molecular flexibility index (Phi) is 6.49. The molecule has 0 aromatic heterocycles. The molecule has 1 atom stereocenters. The van der Waals surface area contributed by atoms with Gasteiger partial charge in [-0.3, -0.25) is 4.79 Å². The summed E-state index contributed by atoms with van der Waals surface area (Å²) < 4.78 is 0. The van der Waals surface area contributed by atoms with E-state index in [-0.39, 0.29) is 6.10 Å². The average molecular weight is 296 g/mol. The maximum absolute atomic E-state index is 12.0. The summed E-state index contributed by atoms with van der Waals surface area (Å²) in [5.41, 5.74) is 0. The van der Waals surface area contributed by atoms with Gasteiger partial charge >= 0.3 is 0 Å². The molecule has 2 saturated heterocycles. The van der Waals surface area contributed by atoms with Crippen molar-refractivity contribution in [3.8, 4) is 0 Å². The number of aliphatic hydroxyl groups excluding tert-OH is 1. The molecule has 0 radical (unpaired) electrons. The van der Waals surface area contributed by atoms with E-state index in [9.17, 15) is 9.90 Å². The van der Waals surface area contributed by atoms with Crippen LogP contribution in [0.15, 0.2) is 0 Å². The van der Waals surface area contributed by atoms with Crippen molar-refractivity contribution >= 4 is 5.91 Å². The molecular formula is C17H32N2O2. The second-order valence-corrected chi connectivity index (χ2v) is 7.20. The van der Waals surface area contributed by atoms with Crippen molar-refractivity contribution in [3.63, 3.8) is 0 Å². The summed E-state index contributed by atoms with van der Waals surface area (Å²) in [5.74, 6) is 1.02. The van der Waals surface area contributed by atoms with Gasteiger partial charge in [-0.05, 0) is 44.4 Å². The predicted octanol–water partition coefficient (Wildman–Crippen LogP) is 2.26. The van der Waals surface area contributed by atoms with Crippen LogP contribution in [0.5, 0.6) is 0 Å². The minimum absolute atomic E-state index is 0.194. The van der Waals surface area contributed by atoms with E-state index in [0.29, 0.717) is 17.9 Å². The quantitative estimate of drug-likeness (QED) is 0.817. The Bertz CT molecular complexity index is 325. The zero-order chi connectivity index (χ0) is 15.2. The molecular weight excluding hydrogens is 264 g/mol. The molecule has 4 nitrogen and oxygen atoms in total. The lowest BCUT2D eigenvalue weighted by atomic mass is 9.98. The van der Waals surface area contributed by atoms with E-state index in [1.807, 2.05) is 0 Å². The SMILES string of the molecule is CC(C)CCC(O)CN1CCC(N2CCCCC2=O)CC1. The van der Waals surface area contributed by atoms with Gasteiger partial charge in [0.25, 0.3) is 0 Å². The lowest BCUT2D eigenvalue weighted by Crippen LogP contribution is -2.50. The number of piperidine rings is 2. The van der Waals surface area contributed by atoms with Crippen molar-refractivity contribution in [2.45, 2.75) is 70.9 Å². The van der Waals surface area contributed by atoms with E-state index >= 15 is 0 Å². The van der Waals surface area contributed by atoms with E-state index < -0.39 is 0 Å². The third kappa shape index (κ3) is 5.26. The molecule has 2 aliphatic heterocycles. The van der Waals surface area contributed by atoms with Crippen molar-refractivity contribution in [3.05, 3.63) is 0 Å². The molecule has 0 aromatic rings. The second kappa shape index (κ2) is 8.14. The van der Waals surface area contributed by atoms with Crippen molar-refractivity contribution in [1.82, 2.24) is 9.80 Å². The lowest BCUT2D eigenvalue weighted by Gasteiger charge is -2.40. The first kappa shape index (κ1) is 16.8. The van der Waals surface area contributed by atoms with Crippen LogP contribution < -0.4 is 0 Å². The fourth-order valence-electron chi connectivity index (χ4n) is 3.54. The highest BCUT2D eigenvalue weighted by Crippen LogP contribution is 2.22. The summed E-state index contributed by atoms with van der Waals surface area (Å²) in [5, 5.41) is 10.1. The summed E-state index contributed by atoms with van der Waals surface area (Å²) in [4.78, 5) is 16.5. The minimum Gasteiger partial charge on any atom is -0.392 e. The molecule has 0 saturated carbocycles. The first-order valence-corrected chi connectivity index (χ1v) is 8.76. The van der Waals surface area contributed by atoms with Crippen molar-refractivity contribution in [2.75, 3.05) is 26.2 Å². The minimum atomic E-state index is -0.194. The highest BCUT2D eigenvalue weighted by Gasteiger charge is 2.29. The Balaban J connectivity index is 1.69. The molecule has 2 rings (SSSR count). The Morgan fingerprint density at radius 1 is 1.14 bits per heavy atom. The Morgan fingerprint density at radius 2 is 1.86 bits per heavy atom. The summed E-state index contributed by atoms with van der Waals surface area (Å²) in [6.07, 6.45) is 6.93. The van der Waals surface area contributed by atoms with Crippen LogP contribution in [0.1, 0.15) is 58.8 Å². The molecule has 4 heteroatoms. The van der Waals surface area contributed by atoms with Crippen LogP contribution in [0, 0.1) is 5.92 Å². The van der Waals surface area contributed by atoms with Crippen LogP contribution in [-0.2, 0) is 4.79 Å². The normalized spacial score (nSPS) is 23.8. The number of aliphatic hydroxyl groups is 1. The highest BCUT2D eigenvalue weighted by molar-refractivity contribution is 5.77. The number of nitrogens with zero attached hydrogens (tertiary/aromatic N) is 2. The third-order valence-electron chi connectivity index (χ3n) is 4.90. The van der Waals surface area contributed by atoms with Crippen LogP contribution in [0.2, 0.25) is 0 Å². The van der Waals surface area contributed by atoms with Crippen LogP contribution >= 0.6 is 0 Å². The molecule has 0 bridgehead atoms. The Labute approximate surface area is 129 Å². The number of β-amino-alcohol motifs (C(OH)–C–C–N with tert-alkyl or cyclic N) is 1. The molecule has 1 unspecified atom stereocenters. The smallest absolute Gasteiger partial charge is 0.222 e. The van der Waals surface area contributed by atoms with Gasteiger partial charge in [-0.25, -0.2) is 0 Å². The van der Waals surface area contributed by atoms with Gasteiger partial charge < -0.3 is 14.9 Å². The topological polar surface area (TPSA) is 43.8 Å². The molecule has 2 fully saturated rings. The second-order valence-electron chi connectivity index (χ2n) is 7.20. The van der Waals surface area contributed by atoms with Gasteiger partial charge in [0.2, 0.25) is 5.91 Å². The number of carbonyl (C=O) groups excluding carboxylic acids is 1. The number of amides is 1. The zero-order valence-electron chi connectivity index (χ0n) is 13.8. The standard InChI is InChI=1S/C17H32N2O2/c1-14(2)6-7-16(20)13-18-11-8-15(9-12-18)19-10-4-3-5-17(19)21/h14-16,20H,3-13H2,1-2H3. The van der Waals surface area contributed by atoms with E-state index in [2.05, 4.69) is 23.6 Å². The van der Waals surface area contributed by atoms with E-state index in [0.717, 1.165) is 64.7 Å². The van der Waals surface area contributed by atoms with E-state index in [4.69, 9.17) is 0 Å². The molecule has 21 heavy (non-hydrogen) atoms. The highest BCUT2D eigenvalue weighted by atomic mass is 16.3. The molecule has 2 heterocycles. The van der Waals surface area contributed by atoms with Gasteiger partial charge in [0.1, 0.15) is 0 Å². The molecule has 1 N–H and O–H groups in total. The van der Waals surface area contributed by atoms with Crippen LogP contribution in [0.4, 0.5) is 0 Å². The van der Waals surface area contributed by atoms with Gasteiger partial charge in [-0.15, -0.1) is 0 Å². The number of carbonyl (C=O) groups is 1. The largest absolute Gasteiger partial charge is 0.392 e. The fourth-order valence-corrected chi connectivity index (χ4v) is 3.54. The van der Waals surface area contributed by atoms with E-state index in [1.165, 1.54) is 6.42 Å². The number of hydrogen-bond donors (Lipinski definition) is 1. The fraction of sp³-hybridized carbons (Fsp3) is 0.941. The van der Waals surface area contributed by atoms with Crippen LogP contribution in [-0.4, -0.2) is 59.1 Å². The molecule has 1 amide bonds. The van der Waals surface area contributed by atoms with Crippen LogP contribution in [0.3, 0.4) is 0 Å². The monoisotopic (exact) mass is 296 g/mol. The van der Waals surface area contributed by atoms with Crippen LogP contribution in [0.25, 0.3) is 0 Å². The average Bonchev–Trinajstić information content (AvgIpc) is 2.47. The Morgan fingerprint density at radius 3 is 2.48 bits per heavy atom. The number of rotatable bonds is 6. The predicted molar refractivity (Wildman–Crippen MR) is 85.1 cm³/mol. The summed E-state index contributed by atoms with van der Waals surface area (Å²) in [7, 11) is 0. The van der Waals surface area contributed by atoms with Gasteiger partial charge in [-0.2, -0.15) is 0 Å². The molecule has 0 aliphatic carbocycles. The van der Waals surface area contributed by atoms with Crippen molar-refractivity contribution < 1.29 is 9.90 Å². The summed E-state index contributed by atoms with van der Waals surface area (Å²) >= 11 is 0. The maximum atomic E-state index is 12.0. The van der Waals surface area contributed by atoms with Gasteiger partial charge in [0.05, 0.1) is 6.10 Å². The van der Waals surface area contributed by atoms with E-state index in [1.54, 1.807) is 0 Å². The number of hydrogen-bond acceptors (Lipinski definition) is 3. The summed E-state index contributed by atoms with van der Waals surface area (Å²) in [6.45, 7) is 8.20. The van der Waals surface area contributed by atoms with Gasteiger partial charge in [0, 0.05) is 38.6 Å². The molecule has 2 aliphatic rings. The Hall–Kier alpha value is -0.610. The first-order valence-electron chi connectivity index (χ1n) is 8.76. The van der Waals surface area contributed by atoms with Crippen molar-refractivity contribution in [1.29, 1.82) is 0 Å². The van der Waals surface area contributed by atoms with Crippen molar-refractivity contribution in [2.24, 2.45) is 5.92 Å². The maximum Gasteiger partial charge on any atom is 0.222 e. The molecule has 0 aromatic carbocycles. The van der Waals surface area contributed by atoms with Gasteiger partial charge in [-0.1, -0.05) is 13.8 Å². The summed E-state index contributed by atoms with van der Waals surface area (Å²) in [6, 6.07) is 0.446. The zero-order valence-corrected chi connectivity index (χ0v) is 13.8.